The molecule has 7 heteroatoms. The number of halogens is 3. The van der Waals surface area contributed by atoms with E-state index in [-0.39, 0.29) is 28.3 Å². The highest BCUT2D eigenvalue weighted by Gasteiger charge is 2.67. The van der Waals surface area contributed by atoms with Gasteiger partial charge in [0.05, 0.1) is 16.5 Å². The topological polar surface area (TPSA) is 58.2 Å². The van der Waals surface area contributed by atoms with Crippen molar-refractivity contribution in [2.24, 2.45) is 5.92 Å². The van der Waals surface area contributed by atoms with Crippen molar-refractivity contribution in [3.05, 3.63) is 63.2 Å². The molecule has 0 radical (unpaired) electrons. The van der Waals surface area contributed by atoms with E-state index < -0.39 is 15.8 Å². The van der Waals surface area contributed by atoms with Gasteiger partial charge in [0, 0.05) is 11.6 Å². The molecule has 2 aromatic carbocycles. The molecule has 166 valence electrons. The molecule has 2 N–H and O–H groups in total. The Morgan fingerprint density at radius 3 is 2.28 bits per heavy atom. The third-order valence-electron chi connectivity index (χ3n) is 6.50. The third kappa shape index (κ3) is 4.10. The highest BCUT2D eigenvalue weighted by molar-refractivity contribution is 6.53. The fourth-order valence-electron chi connectivity index (χ4n) is 4.03. The number of nitrogens with one attached hydrogen (secondary N) is 2. The molecule has 2 fully saturated rings. The van der Waals surface area contributed by atoms with Crippen LogP contribution in [0.3, 0.4) is 0 Å². The molecule has 0 aromatic heterocycles. The lowest BCUT2D eigenvalue weighted by Crippen LogP contribution is -2.35. The maximum Gasteiger partial charge on any atom is 0.254 e. The summed E-state index contributed by atoms with van der Waals surface area (Å²) < 4.78 is -1.20. The number of hydrogen-bond acceptors (Lipinski definition) is 2. The molecule has 4 rings (SSSR count). The summed E-state index contributed by atoms with van der Waals surface area (Å²) in [5.74, 6) is 0.992. The maximum atomic E-state index is 13.0. The van der Waals surface area contributed by atoms with Crippen LogP contribution in [-0.4, -0.2) is 21.7 Å². The number of benzene rings is 2. The van der Waals surface area contributed by atoms with E-state index in [4.69, 9.17) is 41.2 Å². The Kier molecular flexibility index (Phi) is 5.74. The van der Waals surface area contributed by atoms with E-state index in [1.54, 1.807) is 12.1 Å². The first-order valence-corrected chi connectivity index (χ1v) is 11.5. The van der Waals surface area contributed by atoms with E-state index in [9.17, 15) is 9.59 Å². The smallest absolute Gasteiger partial charge is 0.254 e. The summed E-state index contributed by atoms with van der Waals surface area (Å²) in [6.45, 7) is 6.11. The summed E-state index contributed by atoms with van der Waals surface area (Å²) in [5, 5.41) is 5.93. The molecule has 2 aromatic rings. The summed E-state index contributed by atoms with van der Waals surface area (Å²) in [4.78, 5) is 25.7. The molecule has 2 amide bonds. The monoisotopic (exact) mass is 488 g/mol. The van der Waals surface area contributed by atoms with E-state index in [1.807, 2.05) is 26.0 Å². The second-order valence-corrected chi connectivity index (χ2v) is 10.6. The fourth-order valence-corrected chi connectivity index (χ4v) is 5.06. The zero-order valence-corrected chi connectivity index (χ0v) is 20.3. The van der Waals surface area contributed by atoms with Crippen LogP contribution in [0.25, 0.3) is 0 Å². The standard InChI is InChI=1S/C25H23Cl3N2O2/c1-5-24(8-9-24)30-22(31)18-12-17(6-7-19(18)26)29-23(32)21-20(25(21,27)28)16-10-13(2)15(4)14(3)11-16/h1,6-7,10-12,20-21H,8-9H2,2-4H3,(H,29,32)(H,30,31). The molecular weight excluding hydrogens is 467 g/mol. The van der Waals surface area contributed by atoms with Crippen molar-refractivity contribution in [2.75, 3.05) is 5.32 Å². The van der Waals surface area contributed by atoms with Crippen molar-refractivity contribution >= 4 is 52.3 Å². The summed E-state index contributed by atoms with van der Waals surface area (Å²) >= 11 is 19.3. The quantitative estimate of drug-likeness (QED) is 0.419. The van der Waals surface area contributed by atoms with Crippen molar-refractivity contribution in [2.45, 2.75) is 49.4 Å². The Hall–Kier alpha value is -2.19. The van der Waals surface area contributed by atoms with Crippen LogP contribution in [0.1, 0.15) is 51.4 Å². The average Bonchev–Trinajstić information content (AvgIpc) is 3.62. The number of carbonyl (C=O) groups excluding carboxylic acids is 2. The van der Waals surface area contributed by atoms with Crippen LogP contribution in [0.5, 0.6) is 0 Å². The lowest BCUT2D eigenvalue weighted by atomic mass is 9.97. The predicted octanol–water partition coefficient (Wildman–Crippen LogP) is 5.69. The number of aryl methyl sites for hydroxylation is 2. The Balaban J connectivity index is 1.52. The number of alkyl halides is 2. The average molecular weight is 490 g/mol. The number of rotatable bonds is 5. The van der Waals surface area contributed by atoms with Crippen LogP contribution in [0, 0.1) is 39.0 Å². The number of terminal acetylenes is 1. The van der Waals surface area contributed by atoms with Gasteiger partial charge in [-0.3, -0.25) is 9.59 Å². The van der Waals surface area contributed by atoms with Crippen LogP contribution in [0.15, 0.2) is 30.3 Å². The van der Waals surface area contributed by atoms with Gasteiger partial charge in [-0.15, -0.1) is 29.6 Å². The zero-order valence-electron chi connectivity index (χ0n) is 18.0. The van der Waals surface area contributed by atoms with Crippen molar-refractivity contribution in [1.82, 2.24) is 5.32 Å². The first-order valence-electron chi connectivity index (χ1n) is 10.4. The van der Waals surface area contributed by atoms with Crippen LogP contribution in [0.2, 0.25) is 5.02 Å². The molecule has 4 nitrogen and oxygen atoms in total. The summed E-state index contributed by atoms with van der Waals surface area (Å²) in [6, 6.07) is 8.79. The van der Waals surface area contributed by atoms with Gasteiger partial charge in [0.25, 0.3) is 5.91 Å². The van der Waals surface area contributed by atoms with Gasteiger partial charge >= 0.3 is 0 Å². The Bertz CT molecular complexity index is 1160. The molecule has 2 atom stereocenters. The van der Waals surface area contributed by atoms with Gasteiger partial charge in [-0.05, 0) is 74.1 Å². The first-order chi connectivity index (χ1) is 15.0. The molecule has 2 unspecified atom stereocenters. The van der Waals surface area contributed by atoms with Gasteiger partial charge in [0.1, 0.15) is 9.87 Å². The minimum atomic E-state index is -1.20. The van der Waals surface area contributed by atoms with Crippen LogP contribution in [-0.2, 0) is 4.79 Å². The normalized spacial score (nSPS) is 21.9. The molecule has 2 saturated carbocycles. The zero-order chi connectivity index (χ0) is 23.4. The van der Waals surface area contributed by atoms with Crippen LogP contribution >= 0.6 is 34.8 Å². The van der Waals surface area contributed by atoms with E-state index >= 15 is 0 Å². The van der Waals surface area contributed by atoms with E-state index in [1.165, 1.54) is 11.6 Å². The molecule has 0 aliphatic heterocycles. The number of anilines is 1. The second-order valence-electron chi connectivity index (χ2n) is 8.77. The van der Waals surface area contributed by atoms with E-state index in [2.05, 4.69) is 23.5 Å². The largest absolute Gasteiger partial charge is 0.336 e. The summed E-state index contributed by atoms with van der Waals surface area (Å²) in [6.07, 6.45) is 6.97. The molecule has 32 heavy (non-hydrogen) atoms. The van der Waals surface area contributed by atoms with Crippen LogP contribution in [0.4, 0.5) is 5.69 Å². The Labute approximate surface area is 203 Å². The van der Waals surface area contributed by atoms with Gasteiger partial charge in [-0.25, -0.2) is 0 Å². The third-order valence-corrected chi connectivity index (χ3v) is 7.77. The van der Waals surface area contributed by atoms with Gasteiger partial charge in [-0.2, -0.15) is 0 Å². The molecule has 0 bridgehead atoms. The molecule has 0 saturated heterocycles. The number of hydrogen-bond donors (Lipinski definition) is 2. The highest BCUT2D eigenvalue weighted by Crippen LogP contribution is 2.65. The fraction of sp³-hybridized carbons (Fsp3) is 0.360. The van der Waals surface area contributed by atoms with Gasteiger partial charge < -0.3 is 10.6 Å². The minimum absolute atomic E-state index is 0.242. The van der Waals surface area contributed by atoms with Gasteiger partial charge in [-0.1, -0.05) is 29.7 Å². The predicted molar refractivity (Wildman–Crippen MR) is 130 cm³/mol. The Morgan fingerprint density at radius 1 is 1.09 bits per heavy atom. The first kappa shape index (κ1) is 23.0. The SMILES string of the molecule is C#CC1(NC(=O)c2cc(NC(=O)C3C(c4cc(C)c(C)c(C)c4)C3(Cl)Cl)ccc2Cl)CC1. The number of carbonyl (C=O) groups is 2. The van der Waals surface area contributed by atoms with Crippen molar-refractivity contribution in [3.63, 3.8) is 0 Å². The van der Waals surface area contributed by atoms with Crippen molar-refractivity contribution in [1.29, 1.82) is 0 Å². The summed E-state index contributed by atoms with van der Waals surface area (Å²) in [7, 11) is 0. The lowest BCUT2D eigenvalue weighted by molar-refractivity contribution is -0.117. The Morgan fingerprint density at radius 2 is 1.72 bits per heavy atom. The van der Waals surface area contributed by atoms with E-state index in [0.717, 1.165) is 29.5 Å². The van der Waals surface area contributed by atoms with Crippen molar-refractivity contribution in [3.8, 4) is 12.3 Å². The highest BCUT2D eigenvalue weighted by atomic mass is 35.5. The lowest BCUT2D eigenvalue weighted by Gasteiger charge is -2.13. The van der Waals surface area contributed by atoms with Gasteiger partial charge in [0.2, 0.25) is 5.91 Å². The molecule has 2 aliphatic rings. The summed E-state index contributed by atoms with van der Waals surface area (Å²) in [5.41, 5.74) is 4.48. The van der Waals surface area contributed by atoms with Crippen molar-refractivity contribution < 1.29 is 9.59 Å². The maximum absolute atomic E-state index is 13.0. The molecular formula is C25H23Cl3N2O2. The minimum Gasteiger partial charge on any atom is -0.336 e. The van der Waals surface area contributed by atoms with Gasteiger partial charge in [0.15, 0.2) is 0 Å². The second kappa shape index (κ2) is 7.99. The molecule has 2 aliphatic carbocycles. The van der Waals surface area contributed by atoms with E-state index in [0.29, 0.717) is 5.69 Å². The molecule has 0 heterocycles. The molecule has 0 spiro atoms. The number of amides is 2. The van der Waals surface area contributed by atoms with Crippen LogP contribution < -0.4 is 10.6 Å².